The second-order valence-corrected chi connectivity index (χ2v) is 4.18. The van der Waals surface area contributed by atoms with Crippen molar-refractivity contribution in [1.29, 1.82) is 0 Å². The van der Waals surface area contributed by atoms with Gasteiger partial charge in [0.15, 0.2) is 0 Å². The first-order chi connectivity index (χ1) is 8.24. The fourth-order valence-electron chi connectivity index (χ4n) is 2.21. The van der Waals surface area contributed by atoms with Crippen LogP contribution in [-0.2, 0) is 4.74 Å². The number of rotatable bonds is 3. The van der Waals surface area contributed by atoms with Gasteiger partial charge >= 0.3 is 0 Å². The highest BCUT2D eigenvalue weighted by molar-refractivity contribution is 5.24. The SMILES string of the molecule is NNC(c1c(F)cccc1F)C1CCCCO1. The number of benzene rings is 1. The van der Waals surface area contributed by atoms with Crippen LogP contribution in [0.1, 0.15) is 30.9 Å². The molecule has 0 radical (unpaired) electrons. The fourth-order valence-corrected chi connectivity index (χ4v) is 2.21. The lowest BCUT2D eigenvalue weighted by atomic mass is 9.95. The average molecular weight is 242 g/mol. The molecular formula is C12H16F2N2O. The van der Waals surface area contributed by atoms with Gasteiger partial charge < -0.3 is 4.74 Å². The van der Waals surface area contributed by atoms with Gasteiger partial charge in [-0.05, 0) is 31.4 Å². The Bertz CT molecular complexity index is 361. The van der Waals surface area contributed by atoms with Gasteiger partial charge in [-0.3, -0.25) is 11.3 Å². The van der Waals surface area contributed by atoms with Crippen LogP contribution in [0.3, 0.4) is 0 Å². The molecule has 1 heterocycles. The second kappa shape index (κ2) is 5.53. The Morgan fingerprint density at radius 1 is 1.29 bits per heavy atom. The summed E-state index contributed by atoms with van der Waals surface area (Å²) in [6, 6.07) is 3.15. The van der Waals surface area contributed by atoms with E-state index >= 15 is 0 Å². The monoisotopic (exact) mass is 242 g/mol. The van der Waals surface area contributed by atoms with E-state index in [1.54, 1.807) is 0 Å². The first-order valence-corrected chi connectivity index (χ1v) is 5.75. The summed E-state index contributed by atoms with van der Waals surface area (Å²) in [7, 11) is 0. The number of hydrazine groups is 1. The summed E-state index contributed by atoms with van der Waals surface area (Å²) in [6.07, 6.45) is 2.44. The normalized spacial score (nSPS) is 22.4. The van der Waals surface area contributed by atoms with Crippen LogP contribution in [0, 0.1) is 11.6 Å². The van der Waals surface area contributed by atoms with E-state index in [-0.39, 0.29) is 11.7 Å². The van der Waals surface area contributed by atoms with Crippen molar-refractivity contribution in [2.75, 3.05) is 6.61 Å². The van der Waals surface area contributed by atoms with Crippen molar-refractivity contribution < 1.29 is 13.5 Å². The molecule has 0 bridgehead atoms. The predicted molar refractivity (Wildman–Crippen MR) is 60.0 cm³/mol. The molecule has 94 valence electrons. The first-order valence-electron chi connectivity index (χ1n) is 5.75. The maximum absolute atomic E-state index is 13.7. The molecule has 0 amide bonds. The molecule has 3 nitrogen and oxygen atoms in total. The van der Waals surface area contributed by atoms with Gasteiger partial charge in [0.2, 0.25) is 0 Å². The van der Waals surface area contributed by atoms with E-state index in [1.807, 2.05) is 0 Å². The van der Waals surface area contributed by atoms with Gasteiger partial charge in [-0.1, -0.05) is 6.07 Å². The number of nitrogens with one attached hydrogen (secondary N) is 1. The Labute approximate surface area is 98.9 Å². The Balaban J connectivity index is 2.27. The van der Waals surface area contributed by atoms with Crippen LogP contribution in [0.2, 0.25) is 0 Å². The second-order valence-electron chi connectivity index (χ2n) is 4.18. The molecule has 1 aliphatic heterocycles. The molecule has 0 saturated carbocycles. The number of ether oxygens (including phenoxy) is 1. The molecule has 1 aromatic carbocycles. The van der Waals surface area contributed by atoms with Crippen LogP contribution in [0.5, 0.6) is 0 Å². The van der Waals surface area contributed by atoms with Crippen LogP contribution >= 0.6 is 0 Å². The first kappa shape index (κ1) is 12.4. The summed E-state index contributed by atoms with van der Waals surface area (Å²) in [5.41, 5.74) is 2.42. The summed E-state index contributed by atoms with van der Waals surface area (Å²) in [5, 5.41) is 0. The molecular weight excluding hydrogens is 226 g/mol. The zero-order chi connectivity index (χ0) is 12.3. The number of halogens is 2. The van der Waals surface area contributed by atoms with Crippen molar-refractivity contribution >= 4 is 0 Å². The topological polar surface area (TPSA) is 47.3 Å². The molecule has 0 spiro atoms. The van der Waals surface area contributed by atoms with Gasteiger partial charge in [-0.15, -0.1) is 0 Å². The van der Waals surface area contributed by atoms with Gasteiger partial charge in [0.25, 0.3) is 0 Å². The van der Waals surface area contributed by atoms with Crippen molar-refractivity contribution in [2.45, 2.75) is 31.4 Å². The molecule has 0 aromatic heterocycles. The predicted octanol–water partition coefficient (Wildman–Crippen LogP) is 2.04. The molecule has 5 heteroatoms. The molecule has 1 aromatic rings. The lowest BCUT2D eigenvalue weighted by Gasteiger charge is -2.30. The molecule has 1 fully saturated rings. The number of hydrogen-bond donors (Lipinski definition) is 2. The maximum atomic E-state index is 13.7. The quantitative estimate of drug-likeness (QED) is 0.630. The highest BCUT2D eigenvalue weighted by atomic mass is 19.1. The largest absolute Gasteiger partial charge is 0.376 e. The minimum atomic E-state index is -0.642. The van der Waals surface area contributed by atoms with E-state index in [0.717, 1.165) is 19.3 Å². The zero-order valence-electron chi connectivity index (χ0n) is 9.46. The van der Waals surface area contributed by atoms with E-state index < -0.39 is 17.7 Å². The Hall–Kier alpha value is -1.04. The van der Waals surface area contributed by atoms with Gasteiger partial charge in [-0.2, -0.15) is 0 Å². The smallest absolute Gasteiger partial charge is 0.131 e. The fraction of sp³-hybridized carbons (Fsp3) is 0.500. The third kappa shape index (κ3) is 2.62. The van der Waals surface area contributed by atoms with E-state index in [1.165, 1.54) is 18.2 Å². The van der Waals surface area contributed by atoms with Crippen molar-refractivity contribution in [1.82, 2.24) is 5.43 Å². The highest BCUT2D eigenvalue weighted by Gasteiger charge is 2.29. The zero-order valence-corrected chi connectivity index (χ0v) is 9.46. The van der Waals surface area contributed by atoms with Gasteiger partial charge in [0, 0.05) is 12.2 Å². The van der Waals surface area contributed by atoms with E-state index in [2.05, 4.69) is 5.43 Å². The van der Waals surface area contributed by atoms with Crippen molar-refractivity contribution in [3.63, 3.8) is 0 Å². The van der Waals surface area contributed by atoms with E-state index in [0.29, 0.717) is 6.61 Å². The Kier molecular flexibility index (Phi) is 4.04. The molecule has 1 saturated heterocycles. The van der Waals surface area contributed by atoms with Crippen molar-refractivity contribution in [2.24, 2.45) is 5.84 Å². The van der Waals surface area contributed by atoms with Crippen LogP contribution in [0.15, 0.2) is 18.2 Å². The standard InChI is InChI=1S/C12H16F2N2O/c13-8-4-3-5-9(14)11(8)12(16-15)10-6-1-2-7-17-10/h3-5,10,12,16H,1-2,6-7,15H2. The minimum Gasteiger partial charge on any atom is -0.376 e. The lowest BCUT2D eigenvalue weighted by molar-refractivity contribution is -0.00969. The summed E-state index contributed by atoms with van der Waals surface area (Å²) in [6.45, 7) is 0.610. The van der Waals surface area contributed by atoms with Crippen LogP contribution < -0.4 is 11.3 Å². The number of hydrogen-bond acceptors (Lipinski definition) is 3. The minimum absolute atomic E-state index is 0.0399. The van der Waals surface area contributed by atoms with Gasteiger partial charge in [-0.25, -0.2) is 8.78 Å². The molecule has 3 N–H and O–H groups in total. The molecule has 2 rings (SSSR count). The molecule has 17 heavy (non-hydrogen) atoms. The Morgan fingerprint density at radius 3 is 2.53 bits per heavy atom. The third-order valence-electron chi connectivity index (χ3n) is 3.08. The molecule has 0 aliphatic carbocycles. The number of nitrogens with two attached hydrogens (primary N) is 1. The molecule has 1 aliphatic rings. The maximum Gasteiger partial charge on any atom is 0.131 e. The van der Waals surface area contributed by atoms with E-state index in [9.17, 15) is 8.78 Å². The summed E-state index contributed by atoms with van der Waals surface area (Å²) < 4.78 is 32.8. The summed E-state index contributed by atoms with van der Waals surface area (Å²) in [4.78, 5) is 0. The highest BCUT2D eigenvalue weighted by Crippen LogP contribution is 2.29. The van der Waals surface area contributed by atoms with Gasteiger partial charge in [0.05, 0.1) is 12.1 Å². The third-order valence-corrected chi connectivity index (χ3v) is 3.08. The van der Waals surface area contributed by atoms with Crippen molar-refractivity contribution in [3.05, 3.63) is 35.4 Å². The van der Waals surface area contributed by atoms with Crippen LogP contribution in [0.25, 0.3) is 0 Å². The van der Waals surface area contributed by atoms with Crippen molar-refractivity contribution in [3.8, 4) is 0 Å². The summed E-state index contributed by atoms with van der Waals surface area (Å²) in [5.74, 6) is 4.22. The van der Waals surface area contributed by atoms with Gasteiger partial charge in [0.1, 0.15) is 11.6 Å². The lowest BCUT2D eigenvalue weighted by Crippen LogP contribution is -2.40. The van der Waals surface area contributed by atoms with Crippen LogP contribution in [-0.4, -0.2) is 12.7 Å². The average Bonchev–Trinajstić information content (AvgIpc) is 2.35. The van der Waals surface area contributed by atoms with E-state index in [4.69, 9.17) is 10.6 Å². The Morgan fingerprint density at radius 2 is 2.00 bits per heavy atom. The summed E-state index contributed by atoms with van der Waals surface area (Å²) >= 11 is 0. The van der Waals surface area contributed by atoms with Crippen LogP contribution in [0.4, 0.5) is 8.78 Å². The molecule has 2 atom stereocenters. The molecule has 2 unspecified atom stereocenters.